The highest BCUT2D eigenvalue weighted by atomic mass is 16.4. The number of hydrogen-bond acceptors (Lipinski definition) is 2. The first-order chi connectivity index (χ1) is 10.2. The van der Waals surface area contributed by atoms with E-state index in [2.05, 4.69) is 10.7 Å². The van der Waals surface area contributed by atoms with Gasteiger partial charge in [-0.2, -0.15) is 5.10 Å². The first-order valence-electron chi connectivity index (χ1n) is 7.60. The van der Waals surface area contributed by atoms with Crippen LogP contribution in [0.5, 0.6) is 0 Å². The third-order valence-electron chi connectivity index (χ3n) is 4.33. The van der Waals surface area contributed by atoms with Crippen molar-refractivity contribution in [1.82, 2.24) is 9.78 Å². The lowest BCUT2D eigenvalue weighted by Crippen LogP contribution is -2.07. The summed E-state index contributed by atoms with van der Waals surface area (Å²) in [6.45, 7) is 0.666. The summed E-state index contributed by atoms with van der Waals surface area (Å²) in [7, 11) is 0. The number of aromatic carboxylic acids is 1. The standard InChI is InChI=1S/C17H18N2O2/c20-17(21)14-3-1-2-11(8-14)10-19-16(13-6-7-13)9-15(18-19)12-4-5-12/h1-3,8-9,12-13H,4-7,10H2,(H,20,21). The van der Waals surface area contributed by atoms with Crippen LogP contribution in [0.1, 0.15) is 64.8 Å². The number of rotatable bonds is 5. The number of carboxylic acid groups (broad SMARTS) is 1. The van der Waals surface area contributed by atoms with E-state index in [0.717, 1.165) is 5.56 Å². The molecule has 0 amide bonds. The lowest BCUT2D eigenvalue weighted by atomic mass is 10.1. The second kappa shape index (κ2) is 4.72. The van der Waals surface area contributed by atoms with Crippen molar-refractivity contribution in [3.8, 4) is 0 Å². The average Bonchev–Trinajstić information content (AvgIpc) is 3.38. The topological polar surface area (TPSA) is 55.1 Å². The largest absolute Gasteiger partial charge is 0.478 e. The van der Waals surface area contributed by atoms with Crippen molar-refractivity contribution in [1.29, 1.82) is 0 Å². The Balaban J connectivity index is 1.63. The van der Waals surface area contributed by atoms with Crippen molar-refractivity contribution in [2.45, 2.75) is 44.1 Å². The zero-order chi connectivity index (χ0) is 14.4. The first kappa shape index (κ1) is 12.6. The van der Waals surface area contributed by atoms with Crippen LogP contribution in [0.2, 0.25) is 0 Å². The van der Waals surface area contributed by atoms with Crippen molar-refractivity contribution < 1.29 is 9.90 Å². The summed E-state index contributed by atoms with van der Waals surface area (Å²) in [4.78, 5) is 11.1. The van der Waals surface area contributed by atoms with E-state index >= 15 is 0 Å². The highest BCUT2D eigenvalue weighted by Gasteiger charge is 2.32. The number of carbonyl (C=O) groups is 1. The fraction of sp³-hybridized carbons (Fsp3) is 0.412. The molecule has 108 valence electrons. The molecule has 1 aromatic carbocycles. The lowest BCUT2D eigenvalue weighted by Gasteiger charge is -2.07. The lowest BCUT2D eigenvalue weighted by molar-refractivity contribution is 0.0696. The van der Waals surface area contributed by atoms with Crippen molar-refractivity contribution in [2.75, 3.05) is 0 Å². The third-order valence-corrected chi connectivity index (χ3v) is 4.33. The fourth-order valence-electron chi connectivity index (χ4n) is 2.84. The van der Waals surface area contributed by atoms with E-state index in [0.29, 0.717) is 23.9 Å². The molecule has 1 aromatic heterocycles. The normalized spacial score (nSPS) is 17.9. The van der Waals surface area contributed by atoms with Crippen LogP contribution >= 0.6 is 0 Å². The van der Waals surface area contributed by atoms with E-state index in [9.17, 15) is 4.79 Å². The summed E-state index contributed by atoms with van der Waals surface area (Å²) in [5, 5.41) is 13.9. The maximum absolute atomic E-state index is 11.1. The third kappa shape index (κ3) is 2.58. The Kier molecular flexibility index (Phi) is 2.84. The molecule has 21 heavy (non-hydrogen) atoms. The van der Waals surface area contributed by atoms with Crippen molar-refractivity contribution in [3.63, 3.8) is 0 Å². The van der Waals surface area contributed by atoms with E-state index in [-0.39, 0.29) is 0 Å². The molecule has 1 heterocycles. The monoisotopic (exact) mass is 282 g/mol. The maximum Gasteiger partial charge on any atom is 0.335 e. The van der Waals surface area contributed by atoms with Crippen LogP contribution in [0.25, 0.3) is 0 Å². The van der Waals surface area contributed by atoms with Crippen LogP contribution in [-0.4, -0.2) is 20.9 Å². The van der Waals surface area contributed by atoms with Crippen LogP contribution in [0.4, 0.5) is 0 Å². The predicted molar refractivity (Wildman–Crippen MR) is 78.7 cm³/mol. The summed E-state index contributed by atoms with van der Waals surface area (Å²) in [6.07, 6.45) is 5.03. The highest BCUT2D eigenvalue weighted by Crippen LogP contribution is 2.44. The summed E-state index contributed by atoms with van der Waals surface area (Å²) < 4.78 is 2.09. The summed E-state index contributed by atoms with van der Waals surface area (Å²) in [5.74, 6) is 0.445. The Morgan fingerprint density at radius 1 is 1.19 bits per heavy atom. The number of carboxylic acids is 1. The SMILES string of the molecule is O=C(O)c1cccc(Cn2nc(C3CC3)cc2C2CC2)c1. The quantitative estimate of drug-likeness (QED) is 0.914. The molecule has 0 bridgehead atoms. The van der Waals surface area contributed by atoms with Gasteiger partial charge in [-0.3, -0.25) is 4.68 Å². The van der Waals surface area contributed by atoms with E-state index < -0.39 is 5.97 Å². The number of aromatic nitrogens is 2. The molecule has 0 radical (unpaired) electrons. The van der Waals surface area contributed by atoms with Crippen LogP contribution in [0.3, 0.4) is 0 Å². The fourth-order valence-corrected chi connectivity index (χ4v) is 2.84. The Morgan fingerprint density at radius 3 is 2.62 bits per heavy atom. The van der Waals surface area contributed by atoms with E-state index in [1.165, 1.54) is 37.1 Å². The van der Waals surface area contributed by atoms with E-state index in [1.54, 1.807) is 18.2 Å². The van der Waals surface area contributed by atoms with Gasteiger partial charge in [-0.25, -0.2) is 4.79 Å². The molecular weight excluding hydrogens is 264 g/mol. The van der Waals surface area contributed by atoms with Gasteiger partial charge < -0.3 is 5.11 Å². The Hall–Kier alpha value is -2.10. The van der Waals surface area contributed by atoms with Crippen molar-refractivity contribution >= 4 is 5.97 Å². The summed E-state index contributed by atoms with van der Waals surface area (Å²) in [6, 6.07) is 9.43. The van der Waals surface area contributed by atoms with Gasteiger partial charge in [-0.05, 0) is 49.4 Å². The minimum atomic E-state index is -0.876. The Morgan fingerprint density at radius 2 is 1.95 bits per heavy atom. The van der Waals surface area contributed by atoms with E-state index in [4.69, 9.17) is 10.2 Å². The number of benzene rings is 1. The molecule has 0 aliphatic heterocycles. The molecule has 2 aliphatic carbocycles. The zero-order valence-electron chi connectivity index (χ0n) is 11.8. The zero-order valence-corrected chi connectivity index (χ0v) is 11.8. The summed E-state index contributed by atoms with van der Waals surface area (Å²) in [5.41, 5.74) is 3.90. The summed E-state index contributed by atoms with van der Waals surface area (Å²) >= 11 is 0. The minimum absolute atomic E-state index is 0.343. The van der Waals surface area contributed by atoms with Gasteiger partial charge in [0.05, 0.1) is 17.8 Å². The van der Waals surface area contributed by atoms with Crippen LogP contribution < -0.4 is 0 Å². The van der Waals surface area contributed by atoms with Gasteiger partial charge in [0.2, 0.25) is 0 Å². The van der Waals surface area contributed by atoms with Gasteiger partial charge in [0, 0.05) is 17.5 Å². The molecule has 0 unspecified atom stereocenters. The predicted octanol–water partition coefficient (Wildman–Crippen LogP) is 3.38. The molecule has 4 heteroatoms. The average molecular weight is 282 g/mol. The molecule has 4 nitrogen and oxygen atoms in total. The van der Waals surface area contributed by atoms with Gasteiger partial charge in [0.25, 0.3) is 0 Å². The van der Waals surface area contributed by atoms with Crippen molar-refractivity contribution in [3.05, 3.63) is 52.8 Å². The van der Waals surface area contributed by atoms with Crippen LogP contribution in [-0.2, 0) is 6.54 Å². The molecule has 2 saturated carbocycles. The molecular formula is C17H18N2O2. The molecule has 2 fully saturated rings. The molecule has 4 rings (SSSR count). The highest BCUT2D eigenvalue weighted by molar-refractivity contribution is 5.87. The molecule has 0 spiro atoms. The number of hydrogen-bond donors (Lipinski definition) is 1. The molecule has 2 aromatic rings. The molecule has 2 aliphatic rings. The van der Waals surface area contributed by atoms with Crippen LogP contribution in [0.15, 0.2) is 30.3 Å². The van der Waals surface area contributed by atoms with Gasteiger partial charge in [0.1, 0.15) is 0 Å². The minimum Gasteiger partial charge on any atom is -0.478 e. The van der Waals surface area contributed by atoms with Gasteiger partial charge in [-0.1, -0.05) is 12.1 Å². The molecule has 0 saturated heterocycles. The molecule has 1 N–H and O–H groups in total. The van der Waals surface area contributed by atoms with E-state index in [1.807, 2.05) is 6.07 Å². The van der Waals surface area contributed by atoms with Crippen molar-refractivity contribution in [2.24, 2.45) is 0 Å². The number of nitrogens with zero attached hydrogens (tertiary/aromatic N) is 2. The van der Waals surface area contributed by atoms with Gasteiger partial charge in [-0.15, -0.1) is 0 Å². The van der Waals surface area contributed by atoms with Gasteiger partial charge in [0.15, 0.2) is 0 Å². The van der Waals surface area contributed by atoms with Gasteiger partial charge >= 0.3 is 5.97 Å². The smallest absolute Gasteiger partial charge is 0.335 e. The van der Waals surface area contributed by atoms with Crippen LogP contribution in [0, 0.1) is 0 Å². The second-order valence-electron chi connectivity index (χ2n) is 6.21. The maximum atomic E-state index is 11.1. The second-order valence-corrected chi connectivity index (χ2v) is 6.21. The molecule has 0 atom stereocenters. The Labute approximate surface area is 123 Å². The first-order valence-corrected chi connectivity index (χ1v) is 7.60. The Bertz CT molecular complexity index is 697.